The van der Waals surface area contributed by atoms with Crippen molar-refractivity contribution in [3.05, 3.63) is 16.1 Å². The maximum absolute atomic E-state index is 4.43. The molecule has 0 spiro atoms. The quantitative estimate of drug-likeness (QED) is 0.791. The summed E-state index contributed by atoms with van der Waals surface area (Å²) in [7, 11) is 2.18. The van der Waals surface area contributed by atoms with Crippen molar-refractivity contribution >= 4 is 27.3 Å². The summed E-state index contributed by atoms with van der Waals surface area (Å²) in [6.07, 6.45) is 1.98. The SMILES string of the molecule is CN1CCN(Cc2ncc(CBr)s2)CC1. The van der Waals surface area contributed by atoms with E-state index < -0.39 is 0 Å². The van der Waals surface area contributed by atoms with E-state index in [1.807, 2.05) is 17.5 Å². The molecule has 1 aliphatic heterocycles. The van der Waals surface area contributed by atoms with Crippen molar-refractivity contribution in [2.24, 2.45) is 0 Å². The fourth-order valence-electron chi connectivity index (χ4n) is 1.68. The van der Waals surface area contributed by atoms with Gasteiger partial charge in [-0.1, -0.05) is 15.9 Å². The van der Waals surface area contributed by atoms with Crippen molar-refractivity contribution in [2.75, 3.05) is 33.2 Å². The fourth-order valence-corrected chi connectivity index (χ4v) is 2.98. The highest BCUT2D eigenvalue weighted by molar-refractivity contribution is 9.08. The Morgan fingerprint density at radius 2 is 2.13 bits per heavy atom. The first-order chi connectivity index (χ1) is 7.28. The molecule has 1 aromatic rings. The van der Waals surface area contributed by atoms with Crippen LogP contribution in [0.4, 0.5) is 0 Å². The van der Waals surface area contributed by atoms with Crippen molar-refractivity contribution in [1.82, 2.24) is 14.8 Å². The Morgan fingerprint density at radius 3 is 2.73 bits per heavy atom. The molecule has 0 amide bonds. The standard InChI is InChI=1S/C10H16BrN3S/c1-13-2-4-14(5-3-13)8-10-12-7-9(6-11)15-10/h7H,2-6,8H2,1H3. The summed E-state index contributed by atoms with van der Waals surface area (Å²) in [4.78, 5) is 10.6. The summed E-state index contributed by atoms with van der Waals surface area (Å²) in [5.41, 5.74) is 0. The number of piperazine rings is 1. The minimum absolute atomic E-state index is 0.924. The van der Waals surface area contributed by atoms with E-state index in [0.29, 0.717) is 0 Å². The minimum atomic E-state index is 0.924. The van der Waals surface area contributed by atoms with E-state index in [1.54, 1.807) is 0 Å². The second-order valence-corrected chi connectivity index (χ2v) is 5.69. The van der Waals surface area contributed by atoms with Crippen molar-refractivity contribution < 1.29 is 0 Å². The van der Waals surface area contributed by atoms with Gasteiger partial charge < -0.3 is 4.90 Å². The predicted octanol–water partition coefficient (Wildman–Crippen LogP) is 1.79. The number of hydrogen-bond acceptors (Lipinski definition) is 4. The van der Waals surface area contributed by atoms with Crippen LogP contribution in [-0.4, -0.2) is 48.0 Å². The van der Waals surface area contributed by atoms with Gasteiger partial charge in [0.2, 0.25) is 0 Å². The average molecular weight is 290 g/mol. The molecule has 0 saturated carbocycles. The van der Waals surface area contributed by atoms with E-state index in [2.05, 4.69) is 37.8 Å². The van der Waals surface area contributed by atoms with Crippen LogP contribution >= 0.6 is 27.3 Å². The van der Waals surface area contributed by atoms with Crippen molar-refractivity contribution in [3.63, 3.8) is 0 Å². The van der Waals surface area contributed by atoms with Crippen LogP contribution in [0, 0.1) is 0 Å². The van der Waals surface area contributed by atoms with Gasteiger partial charge in [0.05, 0.1) is 6.54 Å². The van der Waals surface area contributed by atoms with Crippen LogP contribution in [0.15, 0.2) is 6.20 Å². The molecule has 1 saturated heterocycles. The Hall–Kier alpha value is 0.0300. The van der Waals surface area contributed by atoms with E-state index in [1.165, 1.54) is 36.1 Å². The first-order valence-corrected chi connectivity index (χ1v) is 7.12. The molecular formula is C10H16BrN3S. The second-order valence-electron chi connectivity index (χ2n) is 3.93. The van der Waals surface area contributed by atoms with Gasteiger partial charge >= 0.3 is 0 Å². The number of alkyl halides is 1. The summed E-state index contributed by atoms with van der Waals surface area (Å²) < 4.78 is 0. The highest BCUT2D eigenvalue weighted by Crippen LogP contribution is 2.17. The predicted molar refractivity (Wildman–Crippen MR) is 67.5 cm³/mol. The lowest BCUT2D eigenvalue weighted by molar-refractivity contribution is 0.148. The van der Waals surface area contributed by atoms with Crippen LogP contribution in [0.1, 0.15) is 9.88 Å². The monoisotopic (exact) mass is 289 g/mol. The van der Waals surface area contributed by atoms with E-state index in [9.17, 15) is 0 Å². The third-order valence-corrected chi connectivity index (χ3v) is 4.65. The molecule has 1 aromatic heterocycles. The average Bonchev–Trinajstić information content (AvgIpc) is 2.69. The highest BCUT2D eigenvalue weighted by atomic mass is 79.9. The molecule has 0 unspecified atom stereocenters. The number of thiazole rings is 1. The summed E-state index contributed by atoms with van der Waals surface area (Å²) in [6.45, 7) is 5.71. The molecule has 0 atom stereocenters. The Labute approximate surface area is 103 Å². The van der Waals surface area contributed by atoms with Gasteiger partial charge in [0.1, 0.15) is 5.01 Å². The van der Waals surface area contributed by atoms with Gasteiger partial charge in [0, 0.05) is 42.6 Å². The molecule has 5 heteroatoms. The lowest BCUT2D eigenvalue weighted by Crippen LogP contribution is -2.43. The number of rotatable bonds is 3. The molecule has 2 heterocycles. The zero-order valence-electron chi connectivity index (χ0n) is 8.95. The minimum Gasteiger partial charge on any atom is -0.304 e. The van der Waals surface area contributed by atoms with Crippen LogP contribution in [0.25, 0.3) is 0 Å². The maximum Gasteiger partial charge on any atom is 0.107 e. The van der Waals surface area contributed by atoms with E-state index in [0.717, 1.165) is 11.9 Å². The second kappa shape index (κ2) is 5.39. The van der Waals surface area contributed by atoms with Crippen LogP contribution in [0.5, 0.6) is 0 Å². The topological polar surface area (TPSA) is 19.4 Å². The molecular weight excluding hydrogens is 274 g/mol. The van der Waals surface area contributed by atoms with Gasteiger partial charge in [-0.2, -0.15) is 0 Å². The van der Waals surface area contributed by atoms with E-state index >= 15 is 0 Å². The molecule has 0 N–H and O–H groups in total. The third kappa shape index (κ3) is 3.24. The van der Waals surface area contributed by atoms with Gasteiger partial charge in [-0.3, -0.25) is 4.90 Å². The summed E-state index contributed by atoms with van der Waals surface area (Å²) in [6, 6.07) is 0. The van der Waals surface area contributed by atoms with Crippen molar-refractivity contribution in [1.29, 1.82) is 0 Å². The zero-order chi connectivity index (χ0) is 10.7. The maximum atomic E-state index is 4.43. The Morgan fingerprint density at radius 1 is 1.40 bits per heavy atom. The van der Waals surface area contributed by atoms with Gasteiger partial charge in [0.15, 0.2) is 0 Å². The number of hydrogen-bond donors (Lipinski definition) is 0. The lowest BCUT2D eigenvalue weighted by atomic mass is 10.3. The van der Waals surface area contributed by atoms with Gasteiger partial charge in [-0.05, 0) is 7.05 Å². The molecule has 0 bridgehead atoms. The van der Waals surface area contributed by atoms with Gasteiger partial charge in [-0.15, -0.1) is 11.3 Å². The number of nitrogens with zero attached hydrogens (tertiary/aromatic N) is 3. The smallest absolute Gasteiger partial charge is 0.107 e. The molecule has 0 aromatic carbocycles. The first-order valence-electron chi connectivity index (χ1n) is 5.18. The summed E-state index contributed by atoms with van der Waals surface area (Å²) in [5.74, 6) is 0. The molecule has 2 rings (SSSR count). The van der Waals surface area contributed by atoms with Gasteiger partial charge in [0.25, 0.3) is 0 Å². The largest absolute Gasteiger partial charge is 0.304 e. The van der Waals surface area contributed by atoms with Crippen LogP contribution < -0.4 is 0 Å². The molecule has 1 fully saturated rings. The Kier molecular flexibility index (Phi) is 4.13. The molecule has 3 nitrogen and oxygen atoms in total. The highest BCUT2D eigenvalue weighted by Gasteiger charge is 2.15. The van der Waals surface area contributed by atoms with Crippen LogP contribution in [0.3, 0.4) is 0 Å². The van der Waals surface area contributed by atoms with E-state index in [-0.39, 0.29) is 0 Å². The Bertz CT molecular complexity index is 307. The normalized spacial score (nSPS) is 19.6. The van der Waals surface area contributed by atoms with Crippen LogP contribution in [-0.2, 0) is 11.9 Å². The summed E-state index contributed by atoms with van der Waals surface area (Å²) in [5, 5.41) is 2.17. The molecule has 1 aliphatic rings. The van der Waals surface area contributed by atoms with Crippen LogP contribution in [0.2, 0.25) is 0 Å². The van der Waals surface area contributed by atoms with Crippen molar-refractivity contribution in [3.8, 4) is 0 Å². The summed E-state index contributed by atoms with van der Waals surface area (Å²) >= 11 is 5.27. The van der Waals surface area contributed by atoms with Gasteiger partial charge in [-0.25, -0.2) is 4.98 Å². The third-order valence-electron chi connectivity index (χ3n) is 2.69. The molecule has 0 radical (unpaired) electrons. The number of aromatic nitrogens is 1. The Balaban J connectivity index is 1.86. The van der Waals surface area contributed by atoms with Crippen molar-refractivity contribution in [2.45, 2.75) is 11.9 Å². The first kappa shape index (κ1) is 11.5. The number of halogens is 1. The molecule has 84 valence electrons. The number of likely N-dealkylation sites (N-methyl/N-ethyl adjacent to an activating group) is 1. The fraction of sp³-hybridized carbons (Fsp3) is 0.700. The zero-order valence-corrected chi connectivity index (χ0v) is 11.4. The molecule has 0 aliphatic carbocycles. The molecule has 15 heavy (non-hydrogen) atoms. The van der Waals surface area contributed by atoms with E-state index in [4.69, 9.17) is 0 Å². The lowest BCUT2D eigenvalue weighted by Gasteiger charge is -2.31.